The van der Waals surface area contributed by atoms with Gasteiger partial charge in [-0.05, 0) is 65.0 Å². The van der Waals surface area contributed by atoms with E-state index in [0.717, 1.165) is 26.5 Å². The van der Waals surface area contributed by atoms with Crippen LogP contribution in [-0.2, 0) is 0 Å². The number of fused-ring (bicyclic) bond motifs is 2. The molecule has 0 fully saturated rings. The molecule has 6 nitrogen and oxygen atoms in total. The lowest BCUT2D eigenvalue weighted by Crippen LogP contribution is -2.38. The Hall–Kier alpha value is -4.70. The number of halogens is 2. The highest BCUT2D eigenvalue weighted by Gasteiger charge is 2.18. The molecule has 0 aliphatic carbocycles. The van der Waals surface area contributed by atoms with Crippen molar-refractivity contribution in [2.45, 2.75) is 0 Å². The zero-order valence-electron chi connectivity index (χ0n) is 19.6. The number of pyridine rings is 1. The molecule has 0 saturated heterocycles. The van der Waals surface area contributed by atoms with Crippen LogP contribution >= 0.6 is 23.2 Å². The number of aromatic nitrogens is 3. The highest BCUT2D eigenvalue weighted by Crippen LogP contribution is 2.33. The van der Waals surface area contributed by atoms with Gasteiger partial charge in [-0.3, -0.25) is 14.3 Å². The van der Waals surface area contributed by atoms with Gasteiger partial charge in [0.1, 0.15) is 0 Å². The molecule has 2 heterocycles. The van der Waals surface area contributed by atoms with Crippen molar-refractivity contribution in [1.82, 2.24) is 14.1 Å². The molecule has 0 amide bonds. The van der Waals surface area contributed by atoms with Gasteiger partial charge in [-0.1, -0.05) is 59.6 Å². The Kier molecular flexibility index (Phi) is 5.80. The molecule has 0 aliphatic rings. The van der Waals surface area contributed by atoms with E-state index in [9.17, 15) is 14.9 Å². The molecular weight excluding hydrogens is 519 g/mol. The Morgan fingerprint density at radius 3 is 2.29 bits per heavy atom. The number of hydrogen-bond donors (Lipinski definition) is 0. The molecule has 0 unspecified atom stereocenters. The minimum absolute atomic E-state index is 0.276. The summed E-state index contributed by atoms with van der Waals surface area (Å²) in [6.45, 7) is 0. The molecule has 0 atom stereocenters. The van der Waals surface area contributed by atoms with Crippen molar-refractivity contribution < 1.29 is 0 Å². The highest BCUT2D eigenvalue weighted by atomic mass is 35.5. The summed E-state index contributed by atoms with van der Waals surface area (Å²) in [5.41, 5.74) is 2.38. The number of hydrogen-bond acceptors (Lipinski definition) is 4. The van der Waals surface area contributed by atoms with Gasteiger partial charge in [-0.2, -0.15) is 5.26 Å². The molecule has 0 N–H and O–H groups in total. The molecule has 182 valence electrons. The van der Waals surface area contributed by atoms with E-state index in [-0.39, 0.29) is 5.02 Å². The lowest BCUT2D eigenvalue weighted by molar-refractivity contribution is 0.831. The molecular formula is C30H16Cl2N4O2. The fourth-order valence-electron chi connectivity index (χ4n) is 4.71. The van der Waals surface area contributed by atoms with E-state index in [0.29, 0.717) is 32.9 Å². The maximum atomic E-state index is 13.9. The summed E-state index contributed by atoms with van der Waals surface area (Å²) in [7, 11) is 0. The molecule has 0 saturated carbocycles. The van der Waals surface area contributed by atoms with Crippen molar-refractivity contribution in [2.24, 2.45) is 0 Å². The molecule has 8 heteroatoms. The van der Waals surface area contributed by atoms with Crippen molar-refractivity contribution in [1.29, 1.82) is 5.26 Å². The van der Waals surface area contributed by atoms with Crippen molar-refractivity contribution in [2.75, 3.05) is 0 Å². The molecule has 2 aromatic heterocycles. The van der Waals surface area contributed by atoms with Crippen LogP contribution in [0.1, 0.15) is 5.56 Å². The maximum absolute atomic E-state index is 13.9. The zero-order valence-corrected chi connectivity index (χ0v) is 21.1. The Morgan fingerprint density at radius 1 is 0.737 bits per heavy atom. The van der Waals surface area contributed by atoms with Gasteiger partial charge in [-0.15, -0.1) is 0 Å². The molecule has 6 rings (SSSR count). The Bertz CT molecular complexity index is 2060. The first kappa shape index (κ1) is 23.7. The van der Waals surface area contributed by atoms with Gasteiger partial charge in [0.15, 0.2) is 0 Å². The summed E-state index contributed by atoms with van der Waals surface area (Å²) in [6, 6.07) is 27.1. The minimum atomic E-state index is -0.573. The third-order valence-electron chi connectivity index (χ3n) is 6.48. The van der Waals surface area contributed by atoms with Crippen LogP contribution in [0.25, 0.3) is 44.2 Å². The van der Waals surface area contributed by atoms with Gasteiger partial charge < -0.3 is 0 Å². The largest absolute Gasteiger partial charge is 0.340 e. The third-order valence-corrected chi connectivity index (χ3v) is 7.21. The van der Waals surface area contributed by atoms with Crippen LogP contribution in [0.2, 0.25) is 10.0 Å². The van der Waals surface area contributed by atoms with Crippen molar-refractivity contribution in [3.8, 4) is 28.6 Å². The molecule has 0 radical (unpaired) electrons. The Morgan fingerprint density at radius 2 is 1.55 bits per heavy atom. The number of nitriles is 1. The predicted molar refractivity (Wildman–Crippen MR) is 151 cm³/mol. The van der Waals surface area contributed by atoms with Crippen LogP contribution in [0.15, 0.2) is 107 Å². The number of benzene rings is 4. The smallest absolute Gasteiger partial charge is 0.268 e. The zero-order chi connectivity index (χ0) is 26.4. The van der Waals surface area contributed by atoms with Crippen LogP contribution in [-0.4, -0.2) is 14.1 Å². The second-order valence-electron chi connectivity index (χ2n) is 8.62. The molecule has 6 aromatic rings. The normalized spacial score (nSPS) is 11.1. The van der Waals surface area contributed by atoms with Gasteiger partial charge in [0.25, 0.3) is 5.56 Å². The summed E-state index contributed by atoms with van der Waals surface area (Å²) in [5.74, 6) is 0. The topological polar surface area (TPSA) is 80.7 Å². The van der Waals surface area contributed by atoms with Crippen LogP contribution in [0.3, 0.4) is 0 Å². The predicted octanol–water partition coefficient (Wildman–Crippen LogP) is 6.54. The van der Waals surface area contributed by atoms with Crippen LogP contribution < -0.4 is 11.2 Å². The van der Waals surface area contributed by atoms with Gasteiger partial charge in [0.2, 0.25) is 0 Å². The van der Waals surface area contributed by atoms with Gasteiger partial charge in [-0.25, -0.2) is 9.36 Å². The van der Waals surface area contributed by atoms with Gasteiger partial charge in [0.05, 0.1) is 50.2 Å². The van der Waals surface area contributed by atoms with E-state index >= 15 is 0 Å². The van der Waals surface area contributed by atoms with Crippen molar-refractivity contribution >= 4 is 44.9 Å². The average Bonchev–Trinajstić information content (AvgIpc) is 2.94. The molecule has 38 heavy (non-hydrogen) atoms. The summed E-state index contributed by atoms with van der Waals surface area (Å²) in [6.07, 6.45) is 3.03. The van der Waals surface area contributed by atoms with Gasteiger partial charge >= 0.3 is 5.69 Å². The average molecular weight is 535 g/mol. The Labute approximate surface area is 226 Å². The standard InChI is InChI=1S/C30H16Cl2N4O2/c31-26-12-9-20(15-27(26)32)35-28-14-18(23-10-8-19(16-33)22-5-1-2-6-24(22)23)7-11-25(28)29(37)36(30(35)38)21-4-3-13-34-17-21/h1-15,17H. The SMILES string of the molecule is N#Cc1ccc(-c2ccc3c(=O)n(-c4cccnc4)c(=O)n(-c4ccc(Cl)c(Cl)c4)c3c2)c2ccccc12. The van der Waals surface area contributed by atoms with Crippen LogP contribution in [0.5, 0.6) is 0 Å². The maximum Gasteiger partial charge on any atom is 0.340 e. The summed E-state index contributed by atoms with van der Waals surface area (Å²) < 4.78 is 2.54. The van der Waals surface area contributed by atoms with E-state index < -0.39 is 11.2 Å². The Balaban J connectivity index is 1.72. The first-order chi connectivity index (χ1) is 18.5. The van der Waals surface area contributed by atoms with Crippen molar-refractivity contribution in [3.63, 3.8) is 0 Å². The lowest BCUT2D eigenvalue weighted by Gasteiger charge is -2.16. The van der Waals surface area contributed by atoms with E-state index in [4.69, 9.17) is 23.2 Å². The van der Waals surface area contributed by atoms with Crippen LogP contribution in [0, 0.1) is 11.3 Å². The lowest BCUT2D eigenvalue weighted by atomic mass is 9.95. The van der Waals surface area contributed by atoms with Gasteiger partial charge in [0, 0.05) is 11.6 Å². The summed E-state index contributed by atoms with van der Waals surface area (Å²) in [4.78, 5) is 31.6. The second kappa shape index (κ2) is 9.31. The van der Waals surface area contributed by atoms with E-state index in [1.807, 2.05) is 42.5 Å². The first-order valence-electron chi connectivity index (χ1n) is 11.6. The molecule has 0 aliphatic heterocycles. The second-order valence-corrected chi connectivity index (χ2v) is 9.43. The quantitative estimate of drug-likeness (QED) is 0.258. The first-order valence-corrected chi connectivity index (χ1v) is 12.3. The fraction of sp³-hybridized carbons (Fsp3) is 0. The summed E-state index contributed by atoms with van der Waals surface area (Å²) in [5, 5.41) is 12.2. The third kappa shape index (κ3) is 3.77. The number of nitrogens with zero attached hydrogens (tertiary/aromatic N) is 4. The summed E-state index contributed by atoms with van der Waals surface area (Å²) >= 11 is 12.5. The van der Waals surface area contributed by atoms with E-state index in [2.05, 4.69) is 11.1 Å². The molecule has 0 spiro atoms. The van der Waals surface area contributed by atoms with E-state index in [1.54, 1.807) is 48.7 Å². The number of rotatable bonds is 3. The fourth-order valence-corrected chi connectivity index (χ4v) is 5.00. The van der Waals surface area contributed by atoms with E-state index in [1.165, 1.54) is 10.8 Å². The monoisotopic (exact) mass is 534 g/mol. The minimum Gasteiger partial charge on any atom is -0.268 e. The van der Waals surface area contributed by atoms with Crippen molar-refractivity contribution in [3.05, 3.63) is 134 Å². The highest BCUT2D eigenvalue weighted by molar-refractivity contribution is 6.42. The molecule has 4 aromatic carbocycles. The molecule has 0 bridgehead atoms. The van der Waals surface area contributed by atoms with Crippen LogP contribution in [0.4, 0.5) is 0 Å².